The van der Waals surface area contributed by atoms with Crippen LogP contribution in [0.25, 0.3) is 0 Å². The summed E-state index contributed by atoms with van der Waals surface area (Å²) in [4.78, 5) is 50.6. The maximum atomic E-state index is 14.8. The first-order chi connectivity index (χ1) is 23.0. The molecule has 0 spiro atoms. The normalized spacial score (nSPS) is 14.2. The van der Waals surface area contributed by atoms with Crippen LogP contribution in [-0.2, 0) is 30.3 Å². The predicted molar refractivity (Wildman–Crippen MR) is 177 cm³/mol. The van der Waals surface area contributed by atoms with E-state index >= 15 is 0 Å². The van der Waals surface area contributed by atoms with Crippen molar-refractivity contribution in [3.63, 3.8) is 0 Å². The first kappa shape index (κ1) is 44.8. The Morgan fingerprint density at radius 1 is 0.863 bits per heavy atom. The second-order valence-corrected chi connectivity index (χ2v) is 12.7. The zero-order valence-electron chi connectivity index (χ0n) is 28.8. The van der Waals surface area contributed by atoms with E-state index in [0.717, 1.165) is 5.32 Å². The van der Waals surface area contributed by atoms with Gasteiger partial charge in [-0.3, -0.25) is 14.4 Å². The minimum Gasteiger partial charge on any atom is -0.497 e. The Hall–Kier alpha value is -4.22. The number of hydrogen-bond acceptors (Lipinski definition) is 9. The molecule has 0 aliphatic heterocycles. The molecule has 0 saturated carbocycles. The lowest BCUT2D eigenvalue weighted by molar-refractivity contribution is -0.175. The highest BCUT2D eigenvalue weighted by Crippen LogP contribution is 2.27. The highest BCUT2D eigenvalue weighted by atomic mass is 35.5. The molecule has 4 atom stereocenters. The smallest absolute Gasteiger partial charge is 0.405 e. The van der Waals surface area contributed by atoms with E-state index in [1.165, 1.54) is 45.2 Å². The number of rotatable bonds is 16. The lowest BCUT2D eigenvalue weighted by Gasteiger charge is -2.33. The van der Waals surface area contributed by atoms with E-state index in [0.29, 0.717) is 17.1 Å². The van der Waals surface area contributed by atoms with Crippen LogP contribution in [0.3, 0.4) is 0 Å². The number of benzene rings is 2. The van der Waals surface area contributed by atoms with Crippen LogP contribution >= 0.6 is 12.4 Å². The van der Waals surface area contributed by atoms with Gasteiger partial charge in [-0.15, -0.1) is 12.4 Å². The number of carbonyl (C=O) groups is 4. The maximum Gasteiger partial charge on any atom is 0.405 e. The molecule has 0 aliphatic carbocycles. The van der Waals surface area contributed by atoms with Gasteiger partial charge in [-0.25, -0.2) is 4.79 Å². The third-order valence-corrected chi connectivity index (χ3v) is 6.98. The highest BCUT2D eigenvalue weighted by Gasteiger charge is 2.52. The van der Waals surface area contributed by atoms with Gasteiger partial charge in [-0.05, 0) is 68.5 Å². The number of carbonyl (C=O) groups excluding carboxylic acids is 4. The number of aliphatic hydroxyl groups is 1. The molecule has 2 aromatic carbocycles. The van der Waals surface area contributed by atoms with Crippen molar-refractivity contribution in [2.24, 2.45) is 11.7 Å². The van der Waals surface area contributed by atoms with Crippen LogP contribution in [0.5, 0.6) is 11.5 Å². The molecule has 3 amide bonds. The second kappa shape index (κ2) is 18.9. The average Bonchev–Trinajstić information content (AvgIpc) is 3.02. The number of halogens is 6. The minimum absolute atomic E-state index is 0. The molecule has 51 heavy (non-hydrogen) atoms. The number of aliphatic hydroxyl groups excluding tert-OH is 1. The summed E-state index contributed by atoms with van der Waals surface area (Å²) < 4.78 is 82.9. The number of hydrogen-bond donors (Lipinski definition) is 5. The average molecular weight is 755 g/mol. The molecule has 18 heteroatoms. The SMILES string of the molecule is COc1ccc([C@H](NC(=O)[C@@H](N)Cc2ccc(OCC(=O)OC(C)(C)C)cc2)C(=O)N[C@@H](C(C)C)[C@@H](O)C(F)(F)C(=O)NCC(F)(F)F)cc1.Cl. The van der Waals surface area contributed by atoms with Gasteiger partial charge in [0.1, 0.15) is 35.8 Å². The monoisotopic (exact) mass is 754 g/mol. The van der Waals surface area contributed by atoms with Crippen molar-refractivity contribution in [2.75, 3.05) is 20.3 Å². The van der Waals surface area contributed by atoms with Crippen LogP contribution in [0.15, 0.2) is 48.5 Å². The van der Waals surface area contributed by atoms with E-state index in [4.69, 9.17) is 19.9 Å². The fraction of sp³-hybridized carbons (Fsp3) is 0.515. The van der Waals surface area contributed by atoms with E-state index < -0.39 is 78.1 Å². The number of nitrogens with two attached hydrogens (primary N) is 1. The van der Waals surface area contributed by atoms with Gasteiger partial charge in [0.05, 0.1) is 19.2 Å². The first-order valence-corrected chi connectivity index (χ1v) is 15.4. The molecule has 0 fully saturated rings. The Kier molecular flexibility index (Phi) is 16.6. The van der Waals surface area contributed by atoms with E-state index in [1.54, 1.807) is 45.0 Å². The summed E-state index contributed by atoms with van der Waals surface area (Å²) in [6.45, 7) is 5.40. The number of alkyl halides is 5. The molecular weight excluding hydrogens is 711 g/mol. The van der Waals surface area contributed by atoms with Gasteiger partial charge < -0.3 is 41.0 Å². The number of methoxy groups -OCH3 is 1. The van der Waals surface area contributed by atoms with Gasteiger partial charge in [0.25, 0.3) is 5.91 Å². The van der Waals surface area contributed by atoms with Gasteiger partial charge in [-0.1, -0.05) is 38.1 Å². The Bertz CT molecular complexity index is 1460. The van der Waals surface area contributed by atoms with Gasteiger partial charge in [0.2, 0.25) is 11.8 Å². The van der Waals surface area contributed by atoms with Crippen molar-refractivity contribution in [1.29, 1.82) is 0 Å². The summed E-state index contributed by atoms with van der Waals surface area (Å²) in [7, 11) is 1.39. The molecule has 0 aromatic heterocycles. The minimum atomic E-state index is -4.99. The fourth-order valence-corrected chi connectivity index (χ4v) is 4.44. The van der Waals surface area contributed by atoms with Crippen molar-refractivity contribution in [3.05, 3.63) is 59.7 Å². The Balaban J connectivity index is 0.0000130. The van der Waals surface area contributed by atoms with Gasteiger partial charge >= 0.3 is 18.1 Å². The predicted octanol–water partition coefficient (Wildman–Crippen LogP) is 3.38. The van der Waals surface area contributed by atoms with Crippen LogP contribution in [0.2, 0.25) is 0 Å². The zero-order valence-corrected chi connectivity index (χ0v) is 29.6. The van der Waals surface area contributed by atoms with Crippen molar-refractivity contribution in [3.8, 4) is 11.5 Å². The van der Waals surface area contributed by atoms with Crippen LogP contribution in [0.4, 0.5) is 22.0 Å². The third-order valence-electron chi connectivity index (χ3n) is 6.98. The summed E-state index contributed by atoms with van der Waals surface area (Å²) in [6.07, 6.45) is -7.97. The molecule has 6 N–H and O–H groups in total. The zero-order chi connectivity index (χ0) is 38.0. The van der Waals surface area contributed by atoms with Crippen molar-refractivity contribution in [2.45, 2.75) is 83.0 Å². The molecule has 0 unspecified atom stereocenters. The summed E-state index contributed by atoms with van der Waals surface area (Å²) in [5.74, 6) is -9.86. The molecule has 2 aromatic rings. The van der Waals surface area contributed by atoms with E-state index in [2.05, 4.69) is 10.6 Å². The Labute approximate surface area is 298 Å². The summed E-state index contributed by atoms with van der Waals surface area (Å²) in [6, 6.07) is 7.38. The number of ether oxygens (including phenoxy) is 3. The molecule has 286 valence electrons. The van der Waals surface area contributed by atoms with E-state index in [9.17, 15) is 46.2 Å². The standard InChI is InChI=1S/C33H43F5N4O8.ClH/c1-18(2)25(27(44)33(37,38)30(47)40-17-32(34,35)36)41-29(46)26(20-9-13-21(48-6)14-10-20)42-28(45)23(39)15-19-7-11-22(12-8-19)49-16-24(43)50-31(3,4)5;/h7-14,18,23,25-27,44H,15-17,39H2,1-6H3,(H,40,47)(H,41,46)(H,42,45);1H/t23-,25-,26-,27+;/m0./s1. The number of amides is 3. The molecule has 12 nitrogen and oxygen atoms in total. The van der Waals surface area contributed by atoms with Crippen LogP contribution in [-0.4, -0.2) is 84.9 Å². The number of nitrogens with one attached hydrogen (secondary N) is 3. The first-order valence-electron chi connectivity index (χ1n) is 15.4. The molecule has 0 aliphatic rings. The van der Waals surface area contributed by atoms with E-state index in [-0.39, 0.29) is 31.0 Å². The topological polar surface area (TPSA) is 178 Å². The molecule has 0 bridgehead atoms. The number of esters is 1. The lowest BCUT2D eigenvalue weighted by Crippen LogP contribution is -2.60. The summed E-state index contributed by atoms with van der Waals surface area (Å²) >= 11 is 0. The maximum absolute atomic E-state index is 14.8. The molecule has 2 rings (SSSR count). The van der Waals surface area contributed by atoms with Gasteiger partial charge in [0, 0.05) is 0 Å². The molecule has 0 saturated heterocycles. The molecular formula is C33H44ClF5N4O8. The van der Waals surface area contributed by atoms with Crippen LogP contribution in [0.1, 0.15) is 51.8 Å². The van der Waals surface area contributed by atoms with Crippen LogP contribution in [0, 0.1) is 5.92 Å². The highest BCUT2D eigenvalue weighted by molar-refractivity contribution is 5.91. The van der Waals surface area contributed by atoms with Crippen molar-refractivity contribution >= 4 is 36.1 Å². The second-order valence-electron chi connectivity index (χ2n) is 12.7. The van der Waals surface area contributed by atoms with Crippen molar-refractivity contribution in [1.82, 2.24) is 16.0 Å². The summed E-state index contributed by atoms with van der Waals surface area (Å²) in [5, 5.41) is 16.2. The Morgan fingerprint density at radius 2 is 1.41 bits per heavy atom. The third kappa shape index (κ3) is 14.5. The molecule has 0 heterocycles. The summed E-state index contributed by atoms with van der Waals surface area (Å²) in [5.41, 5.74) is 6.20. The lowest BCUT2D eigenvalue weighted by atomic mass is 9.93. The van der Waals surface area contributed by atoms with Crippen LogP contribution < -0.4 is 31.2 Å². The fourth-order valence-electron chi connectivity index (χ4n) is 4.44. The van der Waals surface area contributed by atoms with Gasteiger partial charge in [0.15, 0.2) is 6.61 Å². The van der Waals surface area contributed by atoms with Gasteiger partial charge in [-0.2, -0.15) is 22.0 Å². The molecule has 0 radical (unpaired) electrons. The largest absolute Gasteiger partial charge is 0.497 e. The Morgan fingerprint density at radius 3 is 1.90 bits per heavy atom. The van der Waals surface area contributed by atoms with E-state index in [1.807, 2.05) is 0 Å². The quantitative estimate of drug-likeness (QED) is 0.127. The van der Waals surface area contributed by atoms with Crippen molar-refractivity contribution < 1.29 is 60.4 Å².